The molecule has 128 valence electrons. The molecule has 0 aliphatic rings. The zero-order valence-corrected chi connectivity index (χ0v) is 13.7. The SMILES string of the molecule is Cc1ccn(-c2ccc(NCCNC(=O)/C=C/c3ccco3)nn2)n1. The number of nitrogens with zero attached hydrogens (tertiary/aromatic N) is 4. The molecule has 0 saturated carbocycles. The van der Waals surface area contributed by atoms with Crippen LogP contribution in [-0.2, 0) is 4.79 Å². The average Bonchev–Trinajstić information content (AvgIpc) is 3.29. The van der Waals surface area contributed by atoms with E-state index in [0.29, 0.717) is 30.5 Å². The van der Waals surface area contributed by atoms with E-state index in [1.807, 2.05) is 31.3 Å². The minimum Gasteiger partial charge on any atom is -0.465 e. The van der Waals surface area contributed by atoms with Gasteiger partial charge in [0.2, 0.25) is 5.91 Å². The summed E-state index contributed by atoms with van der Waals surface area (Å²) < 4.78 is 6.77. The van der Waals surface area contributed by atoms with Gasteiger partial charge in [0.25, 0.3) is 0 Å². The first-order valence-corrected chi connectivity index (χ1v) is 7.80. The van der Waals surface area contributed by atoms with Crippen LogP contribution in [0.1, 0.15) is 11.5 Å². The van der Waals surface area contributed by atoms with Crippen molar-refractivity contribution < 1.29 is 9.21 Å². The molecular formula is C17H18N6O2. The van der Waals surface area contributed by atoms with Gasteiger partial charge in [0.1, 0.15) is 11.6 Å². The second-order valence-electron chi connectivity index (χ2n) is 5.25. The Morgan fingerprint density at radius 3 is 2.84 bits per heavy atom. The fourth-order valence-corrected chi connectivity index (χ4v) is 2.06. The molecule has 0 unspecified atom stereocenters. The molecule has 3 rings (SSSR count). The molecule has 3 aromatic heterocycles. The van der Waals surface area contributed by atoms with E-state index in [1.54, 1.807) is 29.2 Å². The molecule has 0 aromatic carbocycles. The third-order valence-corrected chi connectivity index (χ3v) is 3.28. The first kappa shape index (κ1) is 16.4. The van der Waals surface area contributed by atoms with E-state index in [-0.39, 0.29) is 5.91 Å². The summed E-state index contributed by atoms with van der Waals surface area (Å²) in [4.78, 5) is 11.6. The fraction of sp³-hybridized carbons (Fsp3) is 0.176. The predicted molar refractivity (Wildman–Crippen MR) is 93.1 cm³/mol. The quantitative estimate of drug-likeness (QED) is 0.504. The lowest BCUT2D eigenvalue weighted by molar-refractivity contribution is -0.116. The maximum atomic E-state index is 11.6. The Balaban J connectivity index is 1.41. The number of hydrogen-bond donors (Lipinski definition) is 2. The molecule has 0 atom stereocenters. The third kappa shape index (κ3) is 4.77. The Morgan fingerprint density at radius 2 is 2.16 bits per heavy atom. The van der Waals surface area contributed by atoms with E-state index >= 15 is 0 Å². The van der Waals surface area contributed by atoms with Crippen molar-refractivity contribution in [3.05, 3.63) is 60.3 Å². The summed E-state index contributed by atoms with van der Waals surface area (Å²) in [5.41, 5.74) is 0.917. The van der Waals surface area contributed by atoms with Gasteiger partial charge in [-0.25, -0.2) is 4.68 Å². The topological polar surface area (TPSA) is 97.9 Å². The number of carbonyl (C=O) groups excluding carboxylic acids is 1. The lowest BCUT2D eigenvalue weighted by Gasteiger charge is -2.06. The molecule has 25 heavy (non-hydrogen) atoms. The van der Waals surface area contributed by atoms with E-state index in [2.05, 4.69) is 25.9 Å². The Labute approximate surface area is 144 Å². The fourth-order valence-electron chi connectivity index (χ4n) is 2.06. The second kappa shape index (κ2) is 7.91. The Morgan fingerprint density at radius 1 is 1.24 bits per heavy atom. The van der Waals surface area contributed by atoms with E-state index in [9.17, 15) is 4.79 Å². The smallest absolute Gasteiger partial charge is 0.244 e. The van der Waals surface area contributed by atoms with E-state index in [4.69, 9.17) is 4.42 Å². The van der Waals surface area contributed by atoms with Crippen LogP contribution in [0.15, 0.2) is 53.3 Å². The summed E-state index contributed by atoms with van der Waals surface area (Å²) in [5, 5.41) is 18.3. The van der Waals surface area contributed by atoms with Crippen molar-refractivity contribution >= 4 is 17.8 Å². The first-order chi connectivity index (χ1) is 12.2. The first-order valence-electron chi connectivity index (χ1n) is 7.80. The van der Waals surface area contributed by atoms with Crippen molar-refractivity contribution in [1.82, 2.24) is 25.3 Å². The molecule has 3 aromatic rings. The number of hydrogen-bond acceptors (Lipinski definition) is 6. The van der Waals surface area contributed by atoms with Gasteiger partial charge < -0.3 is 15.1 Å². The summed E-state index contributed by atoms with van der Waals surface area (Å²) in [7, 11) is 0. The summed E-state index contributed by atoms with van der Waals surface area (Å²) in [6, 6.07) is 9.08. The third-order valence-electron chi connectivity index (χ3n) is 3.28. The van der Waals surface area contributed by atoms with Crippen molar-refractivity contribution in [1.29, 1.82) is 0 Å². The zero-order valence-electron chi connectivity index (χ0n) is 13.7. The minimum atomic E-state index is -0.186. The normalized spacial score (nSPS) is 10.9. The summed E-state index contributed by atoms with van der Waals surface area (Å²) in [6.45, 7) is 2.91. The van der Waals surface area contributed by atoms with Gasteiger partial charge in [0, 0.05) is 25.4 Å². The molecule has 0 saturated heterocycles. The molecule has 8 nitrogen and oxygen atoms in total. The molecule has 0 spiro atoms. The van der Waals surface area contributed by atoms with Gasteiger partial charge in [0.15, 0.2) is 5.82 Å². The molecule has 0 aliphatic carbocycles. The highest BCUT2D eigenvalue weighted by Crippen LogP contribution is 2.06. The Kier molecular flexibility index (Phi) is 5.20. The highest BCUT2D eigenvalue weighted by atomic mass is 16.3. The van der Waals surface area contributed by atoms with Crippen LogP contribution in [0, 0.1) is 6.92 Å². The van der Waals surface area contributed by atoms with Gasteiger partial charge in [-0.05, 0) is 43.3 Å². The summed E-state index contributed by atoms with van der Waals surface area (Å²) in [5.74, 6) is 1.73. The number of aryl methyl sites for hydroxylation is 1. The van der Waals surface area contributed by atoms with Gasteiger partial charge >= 0.3 is 0 Å². The van der Waals surface area contributed by atoms with E-state index in [1.165, 1.54) is 6.08 Å². The van der Waals surface area contributed by atoms with Gasteiger partial charge in [-0.2, -0.15) is 5.10 Å². The second-order valence-corrected chi connectivity index (χ2v) is 5.25. The molecule has 0 aliphatic heterocycles. The highest BCUT2D eigenvalue weighted by molar-refractivity contribution is 5.91. The molecule has 1 amide bonds. The van der Waals surface area contributed by atoms with Crippen LogP contribution in [0.4, 0.5) is 5.82 Å². The summed E-state index contributed by atoms with van der Waals surface area (Å²) >= 11 is 0. The lowest BCUT2D eigenvalue weighted by Crippen LogP contribution is -2.27. The summed E-state index contributed by atoms with van der Waals surface area (Å²) in [6.07, 6.45) is 6.43. The van der Waals surface area contributed by atoms with Crippen molar-refractivity contribution in [2.24, 2.45) is 0 Å². The maximum Gasteiger partial charge on any atom is 0.244 e. The zero-order chi connectivity index (χ0) is 17.5. The van der Waals surface area contributed by atoms with Crippen molar-refractivity contribution in [3.8, 4) is 5.82 Å². The molecule has 0 radical (unpaired) electrons. The Bertz CT molecular complexity index is 836. The van der Waals surface area contributed by atoms with Crippen LogP contribution in [0.5, 0.6) is 0 Å². The van der Waals surface area contributed by atoms with Crippen molar-refractivity contribution in [2.75, 3.05) is 18.4 Å². The van der Waals surface area contributed by atoms with Crippen molar-refractivity contribution in [3.63, 3.8) is 0 Å². The monoisotopic (exact) mass is 338 g/mol. The van der Waals surface area contributed by atoms with Gasteiger partial charge in [-0.3, -0.25) is 4.79 Å². The van der Waals surface area contributed by atoms with Crippen LogP contribution < -0.4 is 10.6 Å². The van der Waals surface area contributed by atoms with Crippen LogP contribution in [0.2, 0.25) is 0 Å². The number of anilines is 1. The Hall–Kier alpha value is -3.42. The number of aromatic nitrogens is 4. The van der Waals surface area contributed by atoms with Crippen LogP contribution >= 0.6 is 0 Å². The number of nitrogens with one attached hydrogen (secondary N) is 2. The number of rotatable bonds is 7. The van der Waals surface area contributed by atoms with Gasteiger partial charge in [-0.1, -0.05) is 0 Å². The van der Waals surface area contributed by atoms with Crippen LogP contribution in [0.25, 0.3) is 11.9 Å². The predicted octanol–water partition coefficient (Wildman–Crippen LogP) is 1.81. The largest absolute Gasteiger partial charge is 0.465 e. The molecule has 8 heteroatoms. The molecule has 0 bridgehead atoms. The molecule has 2 N–H and O–H groups in total. The molecular weight excluding hydrogens is 320 g/mol. The standard InChI is InChI=1S/C17H18N6O2/c1-13-8-11-23(22-13)16-6-5-15(20-21-16)18-9-10-19-17(24)7-4-14-3-2-12-25-14/h2-8,11-12H,9-10H2,1H3,(H,18,20)(H,19,24)/b7-4+. The van der Waals surface area contributed by atoms with Crippen LogP contribution in [0.3, 0.4) is 0 Å². The van der Waals surface area contributed by atoms with Gasteiger partial charge in [-0.15, -0.1) is 10.2 Å². The number of carbonyl (C=O) groups is 1. The maximum absolute atomic E-state index is 11.6. The van der Waals surface area contributed by atoms with Gasteiger partial charge in [0.05, 0.1) is 12.0 Å². The number of amides is 1. The highest BCUT2D eigenvalue weighted by Gasteiger charge is 2.02. The van der Waals surface area contributed by atoms with E-state index in [0.717, 1.165) is 5.69 Å². The molecule has 3 heterocycles. The lowest BCUT2D eigenvalue weighted by atomic mass is 10.4. The number of furan rings is 1. The minimum absolute atomic E-state index is 0.186. The van der Waals surface area contributed by atoms with Crippen molar-refractivity contribution in [2.45, 2.75) is 6.92 Å². The molecule has 0 fully saturated rings. The van der Waals surface area contributed by atoms with E-state index < -0.39 is 0 Å². The average molecular weight is 338 g/mol. The van der Waals surface area contributed by atoms with Crippen LogP contribution in [-0.4, -0.2) is 39.0 Å².